The molecule has 0 aliphatic carbocycles. The second-order valence-corrected chi connectivity index (χ2v) is 5.02. The van der Waals surface area contributed by atoms with Crippen LogP contribution in [0.5, 0.6) is 0 Å². The Balaban J connectivity index is 2.06. The fourth-order valence-electron chi connectivity index (χ4n) is 1.58. The van der Waals surface area contributed by atoms with Crippen LogP contribution in [-0.4, -0.2) is 17.2 Å². The van der Waals surface area contributed by atoms with Crippen molar-refractivity contribution in [1.29, 1.82) is 0 Å². The molecule has 1 heterocycles. The minimum atomic E-state index is 0.748. The molecule has 1 rings (SSSR count). The Labute approximate surface area is 80.7 Å². The van der Waals surface area contributed by atoms with E-state index >= 15 is 0 Å². The van der Waals surface area contributed by atoms with Gasteiger partial charge in [-0.3, -0.25) is 0 Å². The maximum absolute atomic E-state index is 3.64. The monoisotopic (exact) mass is 187 g/mol. The Hall–Kier alpha value is 0.310. The molecule has 0 amide bonds. The fraction of sp³-hybridized carbons (Fsp3) is 1.00. The SMILES string of the molecule is CCCCCC1NC(C)CCS1. The molecule has 2 atom stereocenters. The van der Waals surface area contributed by atoms with E-state index in [1.165, 1.54) is 37.9 Å². The summed E-state index contributed by atoms with van der Waals surface area (Å²) >= 11 is 2.11. The molecule has 0 radical (unpaired) electrons. The van der Waals surface area contributed by atoms with E-state index in [0.29, 0.717) is 0 Å². The first-order valence-electron chi connectivity index (χ1n) is 5.20. The van der Waals surface area contributed by atoms with Gasteiger partial charge in [0, 0.05) is 6.04 Å². The molecule has 2 unspecified atom stereocenters. The Morgan fingerprint density at radius 1 is 1.42 bits per heavy atom. The van der Waals surface area contributed by atoms with E-state index in [1.54, 1.807) is 0 Å². The second-order valence-electron chi connectivity index (χ2n) is 3.71. The van der Waals surface area contributed by atoms with Gasteiger partial charge in [0.2, 0.25) is 0 Å². The van der Waals surface area contributed by atoms with E-state index in [-0.39, 0.29) is 0 Å². The van der Waals surface area contributed by atoms with Gasteiger partial charge >= 0.3 is 0 Å². The molecule has 1 nitrogen and oxygen atoms in total. The summed E-state index contributed by atoms with van der Waals surface area (Å²) in [6.45, 7) is 4.57. The van der Waals surface area contributed by atoms with Crippen molar-refractivity contribution in [3.63, 3.8) is 0 Å². The summed E-state index contributed by atoms with van der Waals surface area (Å²) in [5, 5.41) is 4.39. The van der Waals surface area contributed by atoms with Crippen LogP contribution in [0.4, 0.5) is 0 Å². The molecule has 1 N–H and O–H groups in total. The van der Waals surface area contributed by atoms with Crippen molar-refractivity contribution in [3.05, 3.63) is 0 Å². The van der Waals surface area contributed by atoms with Gasteiger partial charge in [-0.05, 0) is 25.5 Å². The van der Waals surface area contributed by atoms with Crippen molar-refractivity contribution in [1.82, 2.24) is 5.32 Å². The summed E-state index contributed by atoms with van der Waals surface area (Å²) in [5.41, 5.74) is 0. The summed E-state index contributed by atoms with van der Waals surface area (Å²) < 4.78 is 0. The number of rotatable bonds is 4. The smallest absolute Gasteiger partial charge is 0.0534 e. The summed E-state index contributed by atoms with van der Waals surface area (Å²) in [6, 6.07) is 0.748. The molecule has 12 heavy (non-hydrogen) atoms. The largest absolute Gasteiger partial charge is 0.303 e. The highest BCUT2D eigenvalue weighted by Crippen LogP contribution is 2.22. The van der Waals surface area contributed by atoms with E-state index in [9.17, 15) is 0 Å². The number of hydrogen-bond donors (Lipinski definition) is 1. The normalized spacial score (nSPS) is 30.5. The van der Waals surface area contributed by atoms with Crippen molar-refractivity contribution in [3.8, 4) is 0 Å². The number of unbranched alkanes of at least 4 members (excludes halogenated alkanes) is 2. The van der Waals surface area contributed by atoms with Crippen LogP contribution in [0.3, 0.4) is 0 Å². The Morgan fingerprint density at radius 3 is 2.92 bits per heavy atom. The quantitative estimate of drug-likeness (QED) is 0.679. The Morgan fingerprint density at radius 2 is 2.25 bits per heavy atom. The van der Waals surface area contributed by atoms with E-state index in [1.807, 2.05) is 0 Å². The highest BCUT2D eigenvalue weighted by atomic mass is 32.2. The molecule has 1 aliphatic heterocycles. The lowest BCUT2D eigenvalue weighted by molar-refractivity contribution is 0.472. The Kier molecular flexibility index (Phi) is 5.08. The van der Waals surface area contributed by atoms with Crippen LogP contribution in [0.15, 0.2) is 0 Å². The highest BCUT2D eigenvalue weighted by molar-refractivity contribution is 7.99. The van der Waals surface area contributed by atoms with Gasteiger partial charge in [-0.25, -0.2) is 0 Å². The standard InChI is InChI=1S/C10H21NS/c1-3-4-5-6-10-11-9(2)7-8-12-10/h9-11H,3-8H2,1-2H3. The van der Waals surface area contributed by atoms with Gasteiger partial charge in [0.05, 0.1) is 5.37 Å². The van der Waals surface area contributed by atoms with Crippen LogP contribution >= 0.6 is 11.8 Å². The molecule has 1 saturated heterocycles. The predicted octanol–water partition coefficient (Wildman–Crippen LogP) is 3.01. The van der Waals surface area contributed by atoms with Crippen LogP contribution in [0, 0.1) is 0 Å². The molecule has 1 fully saturated rings. The van der Waals surface area contributed by atoms with Crippen molar-refractivity contribution in [2.45, 2.75) is 57.4 Å². The van der Waals surface area contributed by atoms with Crippen LogP contribution < -0.4 is 5.32 Å². The lowest BCUT2D eigenvalue weighted by Crippen LogP contribution is -2.38. The van der Waals surface area contributed by atoms with Gasteiger partial charge in [-0.15, -0.1) is 11.8 Å². The van der Waals surface area contributed by atoms with Crippen LogP contribution in [0.25, 0.3) is 0 Å². The van der Waals surface area contributed by atoms with Crippen molar-refractivity contribution < 1.29 is 0 Å². The summed E-state index contributed by atoms with van der Waals surface area (Å²) in [5.74, 6) is 1.35. The highest BCUT2D eigenvalue weighted by Gasteiger charge is 2.16. The molecular weight excluding hydrogens is 166 g/mol. The first-order valence-corrected chi connectivity index (χ1v) is 6.25. The van der Waals surface area contributed by atoms with Crippen LogP contribution in [0.2, 0.25) is 0 Å². The second kappa shape index (κ2) is 5.87. The molecule has 1 aliphatic rings. The summed E-state index contributed by atoms with van der Waals surface area (Å²) in [6.07, 6.45) is 6.84. The lowest BCUT2D eigenvalue weighted by Gasteiger charge is -2.28. The zero-order valence-electron chi connectivity index (χ0n) is 8.31. The number of hydrogen-bond acceptors (Lipinski definition) is 2. The van der Waals surface area contributed by atoms with Gasteiger partial charge in [0.25, 0.3) is 0 Å². The first-order chi connectivity index (χ1) is 5.83. The molecule has 0 saturated carbocycles. The van der Waals surface area contributed by atoms with E-state index in [0.717, 1.165) is 11.4 Å². The molecule has 72 valence electrons. The average molecular weight is 187 g/mol. The van der Waals surface area contributed by atoms with Gasteiger partial charge in [-0.1, -0.05) is 26.2 Å². The molecule has 0 spiro atoms. The van der Waals surface area contributed by atoms with Crippen LogP contribution in [-0.2, 0) is 0 Å². The minimum Gasteiger partial charge on any atom is -0.303 e. The summed E-state index contributed by atoms with van der Waals surface area (Å²) in [7, 11) is 0. The van der Waals surface area contributed by atoms with Crippen molar-refractivity contribution in [2.75, 3.05) is 5.75 Å². The average Bonchev–Trinajstić information content (AvgIpc) is 2.05. The van der Waals surface area contributed by atoms with Gasteiger partial charge in [0.15, 0.2) is 0 Å². The zero-order chi connectivity index (χ0) is 8.81. The first kappa shape index (κ1) is 10.4. The minimum absolute atomic E-state index is 0.748. The zero-order valence-corrected chi connectivity index (χ0v) is 9.12. The molecule has 0 aromatic carbocycles. The molecular formula is C10H21NS. The summed E-state index contributed by atoms with van der Waals surface area (Å²) in [4.78, 5) is 0. The topological polar surface area (TPSA) is 12.0 Å². The Bertz CT molecular complexity index is 116. The molecule has 0 aromatic rings. The fourth-order valence-corrected chi connectivity index (χ4v) is 3.02. The van der Waals surface area contributed by atoms with Gasteiger partial charge in [-0.2, -0.15) is 0 Å². The number of nitrogens with one attached hydrogen (secondary N) is 1. The predicted molar refractivity (Wildman–Crippen MR) is 57.6 cm³/mol. The van der Waals surface area contributed by atoms with Crippen LogP contribution in [0.1, 0.15) is 46.0 Å². The van der Waals surface area contributed by atoms with E-state index in [4.69, 9.17) is 0 Å². The maximum atomic E-state index is 3.64. The third kappa shape index (κ3) is 3.81. The third-order valence-corrected chi connectivity index (χ3v) is 3.66. The number of thioether (sulfide) groups is 1. The van der Waals surface area contributed by atoms with Gasteiger partial charge in [0.1, 0.15) is 0 Å². The van der Waals surface area contributed by atoms with Crippen molar-refractivity contribution >= 4 is 11.8 Å². The molecule has 2 heteroatoms. The van der Waals surface area contributed by atoms with Gasteiger partial charge < -0.3 is 5.32 Å². The van der Waals surface area contributed by atoms with E-state index < -0.39 is 0 Å². The third-order valence-electron chi connectivity index (χ3n) is 2.41. The molecule has 0 aromatic heterocycles. The lowest BCUT2D eigenvalue weighted by atomic mass is 10.2. The van der Waals surface area contributed by atoms with E-state index in [2.05, 4.69) is 30.9 Å². The van der Waals surface area contributed by atoms with Crippen molar-refractivity contribution in [2.24, 2.45) is 0 Å². The molecule has 0 bridgehead atoms. The maximum Gasteiger partial charge on any atom is 0.0534 e.